The van der Waals surface area contributed by atoms with Crippen molar-refractivity contribution < 1.29 is 30.3 Å². The molecule has 0 bridgehead atoms. The summed E-state index contributed by atoms with van der Waals surface area (Å²) in [4.78, 5) is 29.3. The fourth-order valence-electron chi connectivity index (χ4n) is 0.314. The van der Waals surface area contributed by atoms with E-state index in [1.807, 2.05) is 0 Å². The van der Waals surface area contributed by atoms with Gasteiger partial charge in [-0.3, -0.25) is 0 Å². The summed E-state index contributed by atoms with van der Waals surface area (Å²) in [6.45, 7) is 0. The van der Waals surface area contributed by atoms with Crippen LogP contribution in [0.15, 0.2) is 0 Å². The molecular formula is CAlCaO7P. The van der Waals surface area contributed by atoms with Crippen molar-refractivity contribution >= 4 is 66.9 Å². The van der Waals surface area contributed by atoms with E-state index in [0.717, 1.165) is 0 Å². The zero-order valence-corrected chi connectivity index (χ0v) is 9.35. The van der Waals surface area contributed by atoms with Crippen molar-refractivity contribution in [2.24, 2.45) is 0 Å². The minimum Gasteiger partial charge on any atom is -0.792 e. The molecule has 0 aromatic carbocycles. The fraction of sp³-hybridized carbons (Fsp3) is 0. The maximum Gasteiger partial charge on any atom is 2.00 e. The first-order valence-corrected chi connectivity index (χ1v) is 4.92. The van der Waals surface area contributed by atoms with E-state index >= 15 is 0 Å². The molecule has 0 saturated carbocycles. The third-order valence-electron chi connectivity index (χ3n) is 0.600. The maximum atomic E-state index is 9.81. The van der Waals surface area contributed by atoms with Gasteiger partial charge in [-0.25, -0.2) is 4.79 Å². The van der Waals surface area contributed by atoms with Gasteiger partial charge in [0.2, 0.25) is 0 Å². The van der Waals surface area contributed by atoms with Crippen LogP contribution in [0.2, 0.25) is 0 Å². The van der Waals surface area contributed by atoms with Crippen LogP contribution in [-0.2, 0) is 15.7 Å². The standard InChI is InChI=1S/CH2O3.Al.Ca.H3O4P/c2-1(3)4;;;1-5(2,3)4/h(H2,2,3,4);;;(H3,1,2,3,4)/q;+3;+2;/p-5. The second-order valence-electron chi connectivity index (χ2n) is 1.33. The van der Waals surface area contributed by atoms with Crippen molar-refractivity contribution in [2.45, 2.75) is 0 Å². The van der Waals surface area contributed by atoms with Crippen molar-refractivity contribution in [1.82, 2.24) is 0 Å². The molecule has 1 fully saturated rings. The van der Waals surface area contributed by atoms with Gasteiger partial charge >= 0.3 is 59.0 Å². The fourth-order valence-corrected chi connectivity index (χ4v) is 1.83. The Morgan fingerprint density at radius 3 is 2.18 bits per heavy atom. The van der Waals surface area contributed by atoms with E-state index in [-0.39, 0.29) is 37.7 Å². The van der Waals surface area contributed by atoms with Gasteiger partial charge in [0.15, 0.2) is 0 Å². The molecule has 0 amide bonds. The van der Waals surface area contributed by atoms with Gasteiger partial charge in [-0.05, 0) is 0 Å². The Balaban J connectivity index is 0.000001000. The zero-order chi connectivity index (χ0) is 7.78. The van der Waals surface area contributed by atoms with Crippen molar-refractivity contribution in [2.75, 3.05) is 0 Å². The molecular weight excluding hydrogens is 222 g/mol. The number of phosphoric acid groups is 1. The predicted molar refractivity (Wildman–Crippen MR) is 27.8 cm³/mol. The molecule has 0 aromatic rings. The minimum absolute atomic E-state index is 0. The van der Waals surface area contributed by atoms with Gasteiger partial charge < -0.3 is 25.5 Å². The molecule has 1 heterocycles. The summed E-state index contributed by atoms with van der Waals surface area (Å²) in [5, 5.41) is 0. The van der Waals surface area contributed by atoms with E-state index in [0.29, 0.717) is 0 Å². The van der Waals surface area contributed by atoms with Crippen molar-refractivity contribution in [1.29, 1.82) is 0 Å². The van der Waals surface area contributed by atoms with Gasteiger partial charge in [-0.2, -0.15) is 0 Å². The molecule has 1 aliphatic heterocycles. The Labute approximate surface area is 96.3 Å². The quantitative estimate of drug-likeness (QED) is 0.378. The Kier molecular flexibility index (Phi) is 4.89. The van der Waals surface area contributed by atoms with Gasteiger partial charge in [0.25, 0.3) is 0 Å². The normalized spacial score (nSPS) is 15.8. The summed E-state index contributed by atoms with van der Waals surface area (Å²) in [5.41, 5.74) is 0. The number of carbonyl (C=O) groups is 1. The molecule has 0 atom stereocenters. The number of carbonyl (C=O) groups excluding carboxylic acids is 1. The third kappa shape index (κ3) is 4.68. The Hall–Kier alpha value is 1.17. The van der Waals surface area contributed by atoms with Crippen LogP contribution in [0.4, 0.5) is 4.79 Å². The maximum absolute atomic E-state index is 9.81. The molecule has 0 aromatic heterocycles. The largest absolute Gasteiger partial charge is 2.00 e. The second-order valence-corrected chi connectivity index (χ2v) is 4.11. The summed E-state index contributed by atoms with van der Waals surface area (Å²) < 4.78 is 21.4. The Morgan fingerprint density at radius 2 is 1.91 bits per heavy atom. The van der Waals surface area contributed by atoms with E-state index in [4.69, 9.17) is 0 Å². The van der Waals surface area contributed by atoms with Crippen LogP contribution >= 0.6 is 7.82 Å². The molecule has 1 rings (SSSR count). The molecule has 0 unspecified atom stereocenters. The van der Waals surface area contributed by atoms with E-state index in [2.05, 4.69) is 11.2 Å². The average molecular weight is 222 g/mol. The van der Waals surface area contributed by atoms with E-state index < -0.39 is 29.1 Å². The molecule has 56 valence electrons. The monoisotopic (exact) mass is 222 g/mol. The number of rotatable bonds is 2. The van der Waals surface area contributed by atoms with Crippen LogP contribution in [0.3, 0.4) is 0 Å². The first-order chi connectivity index (χ1) is 4.47. The number of hydrogen-bond acceptors (Lipinski definition) is 7. The SMILES string of the molecule is O=C1[O][Al]([O]P(=O)([O-])[O-])[O]1.[Ca+2]. The van der Waals surface area contributed by atoms with Crippen LogP contribution in [-0.4, -0.2) is 59.0 Å². The van der Waals surface area contributed by atoms with Crippen molar-refractivity contribution in [3.8, 4) is 0 Å². The smallest absolute Gasteiger partial charge is 0.792 e. The zero-order valence-electron chi connectivity index (χ0n) is 5.09. The first-order valence-electron chi connectivity index (χ1n) is 2.05. The van der Waals surface area contributed by atoms with Gasteiger partial charge in [0.05, 0.1) is 0 Å². The molecule has 0 radical (unpaired) electrons. The second kappa shape index (κ2) is 4.42. The summed E-state index contributed by atoms with van der Waals surface area (Å²) in [6, 6.07) is 0. The van der Waals surface area contributed by atoms with Gasteiger partial charge in [-0.1, -0.05) is 0 Å². The number of hydrogen-bond donors (Lipinski definition) is 0. The summed E-state index contributed by atoms with van der Waals surface area (Å²) >= 11 is -2.92. The van der Waals surface area contributed by atoms with Crippen LogP contribution in [0, 0.1) is 0 Å². The van der Waals surface area contributed by atoms with Gasteiger partial charge in [0.1, 0.15) is 0 Å². The van der Waals surface area contributed by atoms with Crippen LogP contribution < -0.4 is 9.79 Å². The molecule has 0 spiro atoms. The average Bonchev–Trinajstić information content (AvgIpc) is 1.57. The van der Waals surface area contributed by atoms with Gasteiger partial charge in [0, 0.05) is 7.82 Å². The molecule has 1 saturated heterocycles. The first kappa shape index (κ1) is 12.2. The van der Waals surface area contributed by atoms with Crippen LogP contribution in [0.5, 0.6) is 0 Å². The summed E-state index contributed by atoms with van der Waals surface area (Å²) in [6.07, 6.45) is -1.01. The van der Waals surface area contributed by atoms with Crippen LogP contribution in [0.25, 0.3) is 0 Å². The topological polar surface area (TPSA) is 108 Å². The predicted octanol–water partition coefficient (Wildman–Crippen LogP) is -2.40. The minimum atomic E-state index is -5.05. The Bertz CT molecular complexity index is 191. The van der Waals surface area contributed by atoms with Gasteiger partial charge in [-0.15, -0.1) is 0 Å². The summed E-state index contributed by atoms with van der Waals surface area (Å²) in [5.74, 6) is 0. The van der Waals surface area contributed by atoms with Crippen LogP contribution in [0.1, 0.15) is 0 Å². The summed E-state index contributed by atoms with van der Waals surface area (Å²) in [7, 11) is -5.05. The van der Waals surface area contributed by atoms with Crippen molar-refractivity contribution in [3.63, 3.8) is 0 Å². The third-order valence-corrected chi connectivity index (χ3v) is 3.09. The molecule has 1 aliphatic rings. The van der Waals surface area contributed by atoms with E-state index in [9.17, 15) is 19.1 Å². The Morgan fingerprint density at radius 1 is 1.45 bits per heavy atom. The van der Waals surface area contributed by atoms with Crippen molar-refractivity contribution in [3.05, 3.63) is 0 Å². The molecule has 0 N–H and O–H groups in total. The van der Waals surface area contributed by atoms with E-state index in [1.165, 1.54) is 0 Å². The molecule has 11 heavy (non-hydrogen) atoms. The molecule has 10 heteroatoms. The molecule has 7 nitrogen and oxygen atoms in total. The molecule has 0 aliphatic carbocycles. The van der Waals surface area contributed by atoms with E-state index in [1.54, 1.807) is 0 Å².